The number of hydrogen-bond acceptors (Lipinski definition) is 5. The van der Waals surface area contributed by atoms with Crippen LogP contribution in [0.25, 0.3) is 11.5 Å². The molecule has 1 atom stereocenters. The van der Waals surface area contributed by atoms with E-state index in [0.29, 0.717) is 29.7 Å². The maximum absolute atomic E-state index is 6.25. The summed E-state index contributed by atoms with van der Waals surface area (Å²) < 4.78 is 7.04. The Morgan fingerprint density at radius 3 is 2.81 bits per heavy atom. The Kier molecular flexibility index (Phi) is 4.71. The smallest absolute Gasteiger partial charge is 0.228 e. The molecule has 2 N–H and O–H groups in total. The van der Waals surface area contributed by atoms with Crippen molar-refractivity contribution in [2.24, 2.45) is 11.7 Å². The van der Waals surface area contributed by atoms with Gasteiger partial charge < -0.3 is 10.3 Å². The van der Waals surface area contributed by atoms with Gasteiger partial charge in [0.05, 0.1) is 0 Å². The predicted octanol–water partition coefficient (Wildman–Crippen LogP) is 3.72. The summed E-state index contributed by atoms with van der Waals surface area (Å²) in [4.78, 5) is 8.72. The molecule has 0 aromatic carbocycles. The number of halogens is 2. The molecule has 2 aromatic heterocycles. The zero-order chi connectivity index (χ0) is 14.8. The lowest BCUT2D eigenvalue weighted by molar-refractivity contribution is 0.341. The molecule has 0 amide bonds. The van der Waals surface area contributed by atoms with Crippen LogP contribution in [0.1, 0.15) is 31.6 Å². The molecule has 1 saturated carbocycles. The molecule has 1 unspecified atom stereocenters. The summed E-state index contributed by atoms with van der Waals surface area (Å²) in [6, 6.07) is 2.00. The van der Waals surface area contributed by atoms with Crippen molar-refractivity contribution in [2.75, 3.05) is 0 Å². The number of nitrogens with zero attached hydrogens (tertiary/aromatic N) is 3. The number of hydrogen-bond donors (Lipinski definition) is 1. The van der Waals surface area contributed by atoms with Gasteiger partial charge in [-0.1, -0.05) is 18.0 Å². The predicted molar refractivity (Wildman–Crippen MR) is 86.6 cm³/mol. The second-order valence-corrected chi connectivity index (χ2v) is 7.18. The average molecular weight is 416 g/mol. The van der Waals surface area contributed by atoms with E-state index in [-0.39, 0.29) is 6.04 Å². The van der Waals surface area contributed by atoms with Gasteiger partial charge in [0.2, 0.25) is 11.7 Å². The van der Waals surface area contributed by atoms with E-state index in [0.717, 1.165) is 8.95 Å². The second kappa shape index (κ2) is 6.54. The molecular formula is C14H16Br2N4O. The minimum atomic E-state index is 0.0992. The lowest BCUT2D eigenvalue weighted by atomic mass is 9.96. The minimum Gasteiger partial charge on any atom is -0.339 e. The zero-order valence-corrected chi connectivity index (χ0v) is 14.6. The molecule has 0 saturated heterocycles. The van der Waals surface area contributed by atoms with Crippen LogP contribution in [-0.2, 0) is 6.42 Å². The van der Waals surface area contributed by atoms with Crippen molar-refractivity contribution in [2.45, 2.75) is 38.1 Å². The van der Waals surface area contributed by atoms with Gasteiger partial charge in [-0.3, -0.25) is 4.98 Å². The molecule has 1 aliphatic rings. The van der Waals surface area contributed by atoms with E-state index >= 15 is 0 Å². The molecule has 1 aliphatic carbocycles. The highest BCUT2D eigenvalue weighted by Gasteiger charge is 2.24. The van der Waals surface area contributed by atoms with Gasteiger partial charge in [-0.05, 0) is 56.7 Å². The van der Waals surface area contributed by atoms with Crippen molar-refractivity contribution < 1.29 is 4.52 Å². The molecule has 7 heteroatoms. The third-order valence-electron chi connectivity index (χ3n) is 3.90. The van der Waals surface area contributed by atoms with Crippen LogP contribution in [0.3, 0.4) is 0 Å². The van der Waals surface area contributed by atoms with Gasteiger partial charge in [0.15, 0.2) is 0 Å². The fourth-order valence-corrected chi connectivity index (χ4v) is 3.93. The van der Waals surface area contributed by atoms with Crippen LogP contribution in [0.2, 0.25) is 0 Å². The molecule has 112 valence electrons. The molecule has 2 heterocycles. The van der Waals surface area contributed by atoms with Crippen LogP contribution < -0.4 is 5.73 Å². The molecule has 2 aromatic rings. The first-order chi connectivity index (χ1) is 10.1. The summed E-state index contributed by atoms with van der Waals surface area (Å²) in [6.45, 7) is 0. The quantitative estimate of drug-likeness (QED) is 0.823. The molecule has 3 rings (SSSR count). The van der Waals surface area contributed by atoms with Gasteiger partial charge in [-0.15, -0.1) is 0 Å². The highest BCUT2D eigenvalue weighted by molar-refractivity contribution is 9.11. The summed E-state index contributed by atoms with van der Waals surface area (Å²) in [5, 5.41) is 4.01. The molecule has 21 heavy (non-hydrogen) atoms. The third-order valence-corrected chi connectivity index (χ3v) is 4.94. The Morgan fingerprint density at radius 1 is 1.33 bits per heavy atom. The maximum Gasteiger partial charge on any atom is 0.228 e. The van der Waals surface area contributed by atoms with Gasteiger partial charge in [0, 0.05) is 27.6 Å². The van der Waals surface area contributed by atoms with Crippen molar-refractivity contribution in [1.29, 1.82) is 0 Å². The highest BCUT2D eigenvalue weighted by Crippen LogP contribution is 2.29. The van der Waals surface area contributed by atoms with Crippen LogP contribution in [-0.4, -0.2) is 21.2 Å². The Hall–Kier alpha value is -0.790. The van der Waals surface area contributed by atoms with Crippen molar-refractivity contribution in [3.8, 4) is 11.5 Å². The monoisotopic (exact) mass is 414 g/mol. The first-order valence-corrected chi connectivity index (χ1v) is 8.61. The highest BCUT2D eigenvalue weighted by atomic mass is 79.9. The van der Waals surface area contributed by atoms with E-state index in [1.807, 2.05) is 6.07 Å². The van der Waals surface area contributed by atoms with E-state index in [4.69, 9.17) is 10.3 Å². The number of nitrogens with two attached hydrogens (primary N) is 1. The molecule has 5 nitrogen and oxygen atoms in total. The fraction of sp³-hybridized carbons (Fsp3) is 0.500. The summed E-state index contributed by atoms with van der Waals surface area (Å²) >= 11 is 6.83. The summed E-state index contributed by atoms with van der Waals surface area (Å²) in [7, 11) is 0. The Labute approximate surface area is 140 Å². The first kappa shape index (κ1) is 15.1. The van der Waals surface area contributed by atoms with Crippen molar-refractivity contribution in [1.82, 2.24) is 15.1 Å². The largest absolute Gasteiger partial charge is 0.339 e. The van der Waals surface area contributed by atoms with Crippen LogP contribution in [0, 0.1) is 5.92 Å². The standard InChI is InChI=1S/C14H16Br2N4O/c15-9-5-10(16)13(18-7-9)14-19-12(21-20-14)6-11(17)8-3-1-2-4-8/h5,7-8,11H,1-4,6,17H2. The lowest BCUT2D eigenvalue weighted by Gasteiger charge is -2.16. The Bertz CT molecular complexity index is 625. The normalized spacial score (nSPS) is 17.3. The van der Waals surface area contributed by atoms with E-state index in [2.05, 4.69) is 47.0 Å². The molecule has 0 radical (unpaired) electrons. The zero-order valence-electron chi connectivity index (χ0n) is 11.4. The molecule has 1 fully saturated rings. The average Bonchev–Trinajstić information content (AvgIpc) is 3.09. The first-order valence-electron chi connectivity index (χ1n) is 7.03. The lowest BCUT2D eigenvalue weighted by Crippen LogP contribution is -2.30. The Morgan fingerprint density at radius 2 is 2.10 bits per heavy atom. The maximum atomic E-state index is 6.25. The van der Waals surface area contributed by atoms with Crippen LogP contribution >= 0.6 is 31.9 Å². The van der Waals surface area contributed by atoms with E-state index in [9.17, 15) is 0 Å². The number of aromatic nitrogens is 3. The number of rotatable bonds is 4. The molecule has 0 spiro atoms. The van der Waals surface area contributed by atoms with Crippen LogP contribution in [0.5, 0.6) is 0 Å². The van der Waals surface area contributed by atoms with Crippen molar-refractivity contribution in [3.05, 3.63) is 27.1 Å². The Balaban J connectivity index is 1.73. The van der Waals surface area contributed by atoms with Gasteiger partial charge in [0.25, 0.3) is 0 Å². The molecule has 0 bridgehead atoms. The summed E-state index contributed by atoms with van der Waals surface area (Å²) in [5.74, 6) is 1.65. The summed E-state index contributed by atoms with van der Waals surface area (Å²) in [6.07, 6.45) is 7.32. The second-order valence-electron chi connectivity index (χ2n) is 5.41. The number of pyridine rings is 1. The van der Waals surface area contributed by atoms with Crippen LogP contribution in [0.15, 0.2) is 25.7 Å². The SMILES string of the molecule is NC(Cc1nc(-c2ncc(Br)cc2Br)no1)C1CCCC1. The van der Waals surface area contributed by atoms with E-state index < -0.39 is 0 Å². The van der Waals surface area contributed by atoms with Crippen molar-refractivity contribution in [3.63, 3.8) is 0 Å². The van der Waals surface area contributed by atoms with Gasteiger partial charge >= 0.3 is 0 Å². The van der Waals surface area contributed by atoms with E-state index in [1.54, 1.807) is 6.20 Å². The summed E-state index contributed by atoms with van der Waals surface area (Å²) in [5.41, 5.74) is 6.92. The molecule has 0 aliphatic heterocycles. The van der Waals surface area contributed by atoms with Gasteiger partial charge in [-0.25, -0.2) is 0 Å². The third kappa shape index (κ3) is 3.52. The minimum absolute atomic E-state index is 0.0992. The van der Waals surface area contributed by atoms with Crippen LogP contribution in [0.4, 0.5) is 0 Å². The van der Waals surface area contributed by atoms with Gasteiger partial charge in [-0.2, -0.15) is 4.98 Å². The van der Waals surface area contributed by atoms with Crippen molar-refractivity contribution >= 4 is 31.9 Å². The van der Waals surface area contributed by atoms with E-state index in [1.165, 1.54) is 25.7 Å². The van der Waals surface area contributed by atoms with Gasteiger partial charge in [0.1, 0.15) is 5.69 Å². The fourth-order valence-electron chi connectivity index (χ4n) is 2.77. The molecular weight excluding hydrogens is 400 g/mol. The topological polar surface area (TPSA) is 77.8 Å².